The summed E-state index contributed by atoms with van der Waals surface area (Å²) in [5.41, 5.74) is 4.98. The Morgan fingerprint density at radius 1 is 1.27 bits per heavy atom. The number of alkyl halides is 3. The first-order valence-corrected chi connectivity index (χ1v) is 10.8. The molecule has 0 saturated heterocycles. The topological polar surface area (TPSA) is 83.5 Å². The first-order valence-electron chi connectivity index (χ1n) is 9.95. The van der Waals surface area contributed by atoms with E-state index in [2.05, 4.69) is 15.2 Å². The van der Waals surface area contributed by atoms with Gasteiger partial charge in [-0.2, -0.15) is 23.4 Å². The van der Waals surface area contributed by atoms with E-state index in [1.807, 2.05) is 27.0 Å². The van der Waals surface area contributed by atoms with Gasteiger partial charge in [-0.3, -0.25) is 4.68 Å². The lowest BCUT2D eigenvalue weighted by atomic mass is 10.0. The zero-order chi connectivity index (χ0) is 23.9. The monoisotopic (exact) mass is 479 g/mol. The number of pyridine rings is 1. The summed E-state index contributed by atoms with van der Waals surface area (Å²) in [6.45, 7) is 3.98. The quantitative estimate of drug-likeness (QED) is 0.376. The summed E-state index contributed by atoms with van der Waals surface area (Å²) in [6, 6.07) is 3.53. The second kappa shape index (κ2) is 8.50. The third-order valence-electron chi connectivity index (χ3n) is 4.98. The lowest BCUT2D eigenvalue weighted by Gasteiger charge is -2.07. The highest BCUT2D eigenvalue weighted by atomic mass is 32.1. The molecule has 0 aliphatic rings. The van der Waals surface area contributed by atoms with Gasteiger partial charge in [-0.15, -0.1) is 11.3 Å². The molecule has 0 radical (unpaired) electrons. The summed E-state index contributed by atoms with van der Waals surface area (Å²) in [5.74, 6) is -1.19. The van der Waals surface area contributed by atoms with Gasteiger partial charge in [-0.1, -0.05) is 0 Å². The predicted molar refractivity (Wildman–Crippen MR) is 115 cm³/mol. The Balaban J connectivity index is 1.79. The number of halogens is 3. The molecule has 4 heterocycles. The third-order valence-corrected chi connectivity index (χ3v) is 6.04. The number of hydrogen-bond acceptors (Lipinski definition) is 7. The molecule has 0 atom stereocenters. The van der Waals surface area contributed by atoms with Gasteiger partial charge in [0.2, 0.25) is 5.88 Å². The summed E-state index contributed by atoms with van der Waals surface area (Å²) in [6.07, 6.45) is -1.11. The molecular formula is C21H20F3N5O3S. The Labute approximate surface area is 190 Å². The second-order valence-electron chi connectivity index (χ2n) is 7.25. The smallest absolute Gasteiger partial charge is 0.422 e. The second-order valence-corrected chi connectivity index (χ2v) is 8.25. The molecule has 0 saturated carbocycles. The van der Waals surface area contributed by atoms with Crippen LogP contribution in [0.4, 0.5) is 13.2 Å². The van der Waals surface area contributed by atoms with Crippen molar-refractivity contribution in [2.24, 2.45) is 7.05 Å². The average Bonchev–Trinajstić information content (AvgIpc) is 3.42. The van der Waals surface area contributed by atoms with Crippen LogP contribution in [-0.2, 0) is 11.8 Å². The molecule has 0 aliphatic carbocycles. The molecule has 0 bridgehead atoms. The molecule has 0 spiro atoms. The zero-order valence-electron chi connectivity index (χ0n) is 18.2. The van der Waals surface area contributed by atoms with Gasteiger partial charge in [0.15, 0.2) is 11.5 Å². The number of nitrogens with zero attached hydrogens (tertiary/aromatic N) is 5. The van der Waals surface area contributed by atoms with E-state index in [1.165, 1.54) is 0 Å². The summed E-state index contributed by atoms with van der Waals surface area (Å²) in [5, 5.41) is 9.17. The fourth-order valence-corrected chi connectivity index (χ4v) is 4.37. The van der Waals surface area contributed by atoms with Crippen LogP contribution < -0.4 is 4.74 Å². The minimum Gasteiger partial charge on any atom is -0.467 e. The number of aromatic nitrogens is 5. The maximum atomic E-state index is 12.7. The Kier molecular flexibility index (Phi) is 5.87. The van der Waals surface area contributed by atoms with Gasteiger partial charge in [0.25, 0.3) is 0 Å². The lowest BCUT2D eigenvalue weighted by molar-refractivity contribution is -0.154. The van der Waals surface area contributed by atoms with Crippen molar-refractivity contribution in [3.63, 3.8) is 0 Å². The van der Waals surface area contributed by atoms with Crippen LogP contribution in [-0.4, -0.2) is 49.7 Å². The molecule has 0 fully saturated rings. The SMILES string of the molecule is CCOC(=O)c1sc(-c2ccn3ncc(-c4c(C)nn(C)c4C)c3c2)nc1OCC(F)(F)F. The molecule has 0 aliphatic heterocycles. The van der Waals surface area contributed by atoms with Gasteiger partial charge < -0.3 is 9.47 Å². The number of ether oxygens (including phenoxy) is 2. The molecule has 174 valence electrons. The fraction of sp³-hybridized carbons (Fsp3) is 0.333. The van der Waals surface area contributed by atoms with Crippen molar-refractivity contribution < 1.29 is 27.4 Å². The van der Waals surface area contributed by atoms with Crippen LogP contribution in [0.1, 0.15) is 28.0 Å². The molecule has 0 unspecified atom stereocenters. The summed E-state index contributed by atoms with van der Waals surface area (Å²) >= 11 is 0.910. The Morgan fingerprint density at radius 3 is 2.67 bits per heavy atom. The number of fused-ring (bicyclic) bond motifs is 1. The molecule has 0 aromatic carbocycles. The molecule has 0 N–H and O–H groups in total. The van der Waals surface area contributed by atoms with Crippen molar-refractivity contribution in [2.75, 3.05) is 13.2 Å². The van der Waals surface area contributed by atoms with Gasteiger partial charge in [-0.25, -0.2) is 14.3 Å². The van der Waals surface area contributed by atoms with Crippen molar-refractivity contribution in [1.82, 2.24) is 24.4 Å². The van der Waals surface area contributed by atoms with Crippen LogP contribution in [0.2, 0.25) is 0 Å². The van der Waals surface area contributed by atoms with E-state index in [-0.39, 0.29) is 11.5 Å². The first kappa shape index (κ1) is 22.8. The number of carbonyl (C=O) groups is 1. The maximum Gasteiger partial charge on any atom is 0.422 e. The van der Waals surface area contributed by atoms with Crippen molar-refractivity contribution in [3.8, 4) is 27.6 Å². The number of aryl methyl sites for hydroxylation is 2. The van der Waals surface area contributed by atoms with Crippen molar-refractivity contribution in [2.45, 2.75) is 26.9 Å². The van der Waals surface area contributed by atoms with Crippen molar-refractivity contribution >= 4 is 22.8 Å². The molecule has 33 heavy (non-hydrogen) atoms. The van der Waals surface area contributed by atoms with Crippen LogP contribution in [0.3, 0.4) is 0 Å². The third kappa shape index (κ3) is 4.42. The van der Waals surface area contributed by atoms with Crippen LogP contribution in [0.5, 0.6) is 5.88 Å². The highest BCUT2D eigenvalue weighted by Gasteiger charge is 2.31. The zero-order valence-corrected chi connectivity index (χ0v) is 19.0. The summed E-state index contributed by atoms with van der Waals surface area (Å²) < 4.78 is 51.3. The van der Waals surface area contributed by atoms with Gasteiger partial charge >= 0.3 is 12.1 Å². The van der Waals surface area contributed by atoms with E-state index in [0.29, 0.717) is 10.6 Å². The number of esters is 1. The standard InChI is InChI=1S/C21H20F3N5O3S/c1-5-31-20(30)17-18(32-10-21(22,23)24)26-19(33-17)13-6-7-29-15(8-13)14(9-25-29)16-11(2)27-28(4)12(16)3/h6-9H,5,10H2,1-4H3. The van der Waals surface area contributed by atoms with Crippen molar-refractivity contribution in [1.29, 1.82) is 0 Å². The van der Waals surface area contributed by atoms with E-state index in [0.717, 1.165) is 39.4 Å². The highest BCUT2D eigenvalue weighted by molar-refractivity contribution is 7.17. The predicted octanol–water partition coefficient (Wildman–Crippen LogP) is 4.59. The summed E-state index contributed by atoms with van der Waals surface area (Å²) in [4.78, 5) is 16.3. The number of carbonyl (C=O) groups excluding carboxylic acids is 1. The van der Waals surface area contributed by atoms with Gasteiger partial charge in [0.05, 0.1) is 24.0 Å². The van der Waals surface area contributed by atoms with Gasteiger partial charge in [-0.05, 0) is 32.9 Å². The van der Waals surface area contributed by atoms with Crippen LogP contribution in [0.15, 0.2) is 24.5 Å². The molecule has 4 rings (SSSR count). The van der Waals surface area contributed by atoms with Crippen molar-refractivity contribution in [3.05, 3.63) is 40.8 Å². The lowest BCUT2D eigenvalue weighted by Crippen LogP contribution is -2.20. The minimum atomic E-state index is -4.57. The first-order chi connectivity index (χ1) is 15.6. The molecule has 12 heteroatoms. The van der Waals surface area contributed by atoms with Crippen LogP contribution in [0, 0.1) is 13.8 Å². The average molecular weight is 479 g/mol. The van der Waals surface area contributed by atoms with E-state index in [1.54, 1.807) is 34.6 Å². The fourth-order valence-electron chi connectivity index (χ4n) is 3.47. The van der Waals surface area contributed by atoms with Gasteiger partial charge in [0.1, 0.15) is 5.01 Å². The summed E-state index contributed by atoms with van der Waals surface area (Å²) in [7, 11) is 1.86. The molecule has 0 amide bonds. The molecule has 4 aromatic heterocycles. The van der Waals surface area contributed by atoms with E-state index >= 15 is 0 Å². The maximum absolute atomic E-state index is 12.7. The number of thiazole rings is 1. The Morgan fingerprint density at radius 2 is 2.03 bits per heavy atom. The minimum absolute atomic E-state index is 0.0692. The Bertz CT molecular complexity index is 1340. The van der Waals surface area contributed by atoms with E-state index in [4.69, 9.17) is 9.47 Å². The Hall–Kier alpha value is -3.41. The van der Waals surface area contributed by atoms with Crippen LogP contribution >= 0.6 is 11.3 Å². The van der Waals surface area contributed by atoms with E-state index in [9.17, 15) is 18.0 Å². The van der Waals surface area contributed by atoms with Crippen LogP contribution in [0.25, 0.3) is 27.2 Å². The molecule has 8 nitrogen and oxygen atoms in total. The van der Waals surface area contributed by atoms with Gasteiger partial charge in [0, 0.05) is 35.6 Å². The number of rotatable bonds is 6. The largest absolute Gasteiger partial charge is 0.467 e. The molecular weight excluding hydrogens is 459 g/mol. The van der Waals surface area contributed by atoms with E-state index < -0.39 is 24.6 Å². The number of hydrogen-bond donors (Lipinski definition) is 0. The normalized spacial score (nSPS) is 11.8. The molecule has 4 aromatic rings. The highest BCUT2D eigenvalue weighted by Crippen LogP contribution is 2.36.